The van der Waals surface area contributed by atoms with Gasteiger partial charge in [-0.15, -0.1) is 0 Å². The highest BCUT2D eigenvalue weighted by Gasteiger charge is 2.14. The molecular weight excluding hydrogens is 270 g/mol. The van der Waals surface area contributed by atoms with E-state index in [0.29, 0.717) is 29.3 Å². The molecule has 0 atom stereocenters. The molecule has 1 aromatic rings. The maximum absolute atomic E-state index is 11.4. The Labute approximate surface area is 123 Å². The van der Waals surface area contributed by atoms with E-state index in [2.05, 4.69) is 17.2 Å². The molecule has 1 aromatic carbocycles. The van der Waals surface area contributed by atoms with Crippen molar-refractivity contribution in [1.29, 1.82) is 0 Å². The lowest BCUT2D eigenvalue weighted by Gasteiger charge is -2.18. The number of nitrogens with one attached hydrogen (secondary N) is 1. The van der Waals surface area contributed by atoms with E-state index in [1.165, 1.54) is 6.07 Å². The van der Waals surface area contributed by atoms with Crippen LogP contribution in [-0.4, -0.2) is 30.8 Å². The largest absolute Gasteiger partial charge is 0.444 e. The van der Waals surface area contributed by atoms with E-state index in [-0.39, 0.29) is 6.54 Å². The van der Waals surface area contributed by atoms with Crippen LogP contribution in [0.2, 0.25) is 0 Å². The van der Waals surface area contributed by atoms with E-state index in [1.54, 1.807) is 32.9 Å². The first kappa shape index (κ1) is 16.4. The van der Waals surface area contributed by atoms with Gasteiger partial charge in [-0.2, -0.15) is 0 Å². The van der Waals surface area contributed by atoms with Crippen LogP contribution >= 0.6 is 0 Å². The number of alkyl carbamates (subject to hydrolysis) is 1. The molecule has 1 amide bonds. The van der Waals surface area contributed by atoms with Crippen molar-refractivity contribution < 1.29 is 19.1 Å². The SMILES string of the molecule is CC(C)(C)OC(=O)NCC#Cc1cc(C=O)cc(C=O)c1. The Kier molecular flexibility index (Phi) is 5.67. The summed E-state index contributed by atoms with van der Waals surface area (Å²) in [6.45, 7) is 5.41. The first-order chi connectivity index (χ1) is 9.84. The van der Waals surface area contributed by atoms with Crippen molar-refractivity contribution in [3.63, 3.8) is 0 Å². The fourth-order valence-corrected chi connectivity index (χ4v) is 1.46. The molecule has 0 saturated heterocycles. The molecule has 0 radical (unpaired) electrons. The van der Waals surface area contributed by atoms with Crippen LogP contribution in [0.4, 0.5) is 4.79 Å². The summed E-state index contributed by atoms with van der Waals surface area (Å²) in [6.07, 6.45) is 0.751. The minimum atomic E-state index is -0.561. The van der Waals surface area contributed by atoms with E-state index in [0.717, 1.165) is 0 Å². The first-order valence-electron chi connectivity index (χ1n) is 6.35. The Morgan fingerprint density at radius 1 is 1.19 bits per heavy atom. The summed E-state index contributed by atoms with van der Waals surface area (Å²) in [7, 11) is 0. The van der Waals surface area contributed by atoms with E-state index in [1.807, 2.05) is 0 Å². The second-order valence-corrected chi connectivity index (χ2v) is 5.28. The highest BCUT2D eigenvalue weighted by Crippen LogP contribution is 2.07. The molecule has 0 spiro atoms. The number of ether oxygens (including phenoxy) is 1. The lowest BCUT2D eigenvalue weighted by Crippen LogP contribution is -2.32. The van der Waals surface area contributed by atoms with Crippen LogP contribution < -0.4 is 5.32 Å². The molecule has 0 unspecified atom stereocenters. The lowest BCUT2D eigenvalue weighted by molar-refractivity contribution is 0.0535. The van der Waals surface area contributed by atoms with Crippen LogP contribution in [0, 0.1) is 11.8 Å². The zero-order valence-corrected chi connectivity index (χ0v) is 12.2. The molecule has 0 fully saturated rings. The number of rotatable bonds is 3. The smallest absolute Gasteiger partial charge is 0.408 e. The summed E-state index contributed by atoms with van der Waals surface area (Å²) in [5, 5.41) is 2.49. The topological polar surface area (TPSA) is 72.5 Å². The minimum Gasteiger partial charge on any atom is -0.444 e. The number of carbonyl (C=O) groups is 3. The van der Waals surface area contributed by atoms with Gasteiger partial charge in [0, 0.05) is 16.7 Å². The van der Waals surface area contributed by atoms with Gasteiger partial charge >= 0.3 is 6.09 Å². The standard InChI is InChI=1S/C16H17NO4/c1-16(2,3)21-15(20)17-6-4-5-12-7-13(10-18)9-14(8-12)11-19/h7-11H,6H2,1-3H3,(H,17,20). The number of amides is 1. The van der Waals surface area contributed by atoms with Crippen LogP contribution in [0.1, 0.15) is 47.1 Å². The minimum absolute atomic E-state index is 0.108. The monoisotopic (exact) mass is 287 g/mol. The second-order valence-electron chi connectivity index (χ2n) is 5.28. The molecule has 5 heteroatoms. The summed E-state index contributed by atoms with van der Waals surface area (Å²) in [5.74, 6) is 5.50. The molecule has 0 saturated carbocycles. The normalized spacial score (nSPS) is 10.0. The van der Waals surface area contributed by atoms with E-state index >= 15 is 0 Å². The van der Waals surface area contributed by atoms with Gasteiger partial charge in [-0.3, -0.25) is 9.59 Å². The summed E-state index contributed by atoms with van der Waals surface area (Å²) in [5.41, 5.74) is 0.731. The Balaban J connectivity index is 2.65. The van der Waals surface area contributed by atoms with Crippen molar-refractivity contribution in [1.82, 2.24) is 5.32 Å². The first-order valence-corrected chi connectivity index (χ1v) is 6.35. The molecule has 0 aliphatic heterocycles. The van der Waals surface area contributed by atoms with E-state index in [9.17, 15) is 14.4 Å². The molecule has 0 aliphatic rings. The Bertz CT molecular complexity index is 577. The van der Waals surface area contributed by atoms with E-state index in [4.69, 9.17) is 4.74 Å². The summed E-state index contributed by atoms with van der Waals surface area (Å²) < 4.78 is 5.05. The van der Waals surface area contributed by atoms with Crippen molar-refractivity contribution in [3.05, 3.63) is 34.9 Å². The predicted molar refractivity (Wildman–Crippen MR) is 78.3 cm³/mol. The summed E-state index contributed by atoms with van der Waals surface area (Å²) in [6, 6.07) is 4.62. The maximum atomic E-state index is 11.4. The van der Waals surface area contributed by atoms with E-state index < -0.39 is 11.7 Å². The van der Waals surface area contributed by atoms with Crippen LogP contribution in [0.5, 0.6) is 0 Å². The maximum Gasteiger partial charge on any atom is 0.408 e. The molecule has 1 rings (SSSR count). The zero-order chi connectivity index (χ0) is 15.9. The molecule has 110 valence electrons. The van der Waals surface area contributed by atoms with Gasteiger partial charge in [-0.05, 0) is 39.0 Å². The van der Waals surface area contributed by atoms with Crippen molar-refractivity contribution in [3.8, 4) is 11.8 Å². The van der Waals surface area contributed by atoms with Crippen molar-refractivity contribution in [2.45, 2.75) is 26.4 Å². The van der Waals surface area contributed by atoms with Gasteiger partial charge in [-0.25, -0.2) is 4.79 Å². The second kappa shape index (κ2) is 7.25. The van der Waals surface area contributed by atoms with Gasteiger partial charge in [0.25, 0.3) is 0 Å². The summed E-state index contributed by atoms with van der Waals surface area (Å²) in [4.78, 5) is 32.9. The number of benzene rings is 1. The third kappa shape index (κ3) is 6.39. The molecule has 0 heterocycles. The molecule has 1 N–H and O–H groups in total. The van der Waals surface area contributed by atoms with Gasteiger partial charge in [0.2, 0.25) is 0 Å². The van der Waals surface area contributed by atoms with Gasteiger partial charge in [-0.1, -0.05) is 11.8 Å². The Morgan fingerprint density at radius 2 is 1.76 bits per heavy atom. The van der Waals surface area contributed by atoms with Crippen LogP contribution in [0.25, 0.3) is 0 Å². The van der Waals surface area contributed by atoms with Gasteiger partial charge < -0.3 is 10.1 Å². The molecule has 0 aliphatic carbocycles. The van der Waals surface area contributed by atoms with Crippen LogP contribution in [0.15, 0.2) is 18.2 Å². The quantitative estimate of drug-likeness (QED) is 0.683. The van der Waals surface area contributed by atoms with Gasteiger partial charge in [0.15, 0.2) is 0 Å². The molecule has 5 nitrogen and oxygen atoms in total. The third-order valence-corrected chi connectivity index (χ3v) is 2.20. The molecule has 0 aromatic heterocycles. The van der Waals surface area contributed by atoms with Crippen LogP contribution in [0.3, 0.4) is 0 Å². The van der Waals surface area contributed by atoms with Crippen molar-refractivity contribution in [2.24, 2.45) is 0 Å². The van der Waals surface area contributed by atoms with Gasteiger partial charge in [0.1, 0.15) is 18.2 Å². The highest BCUT2D eigenvalue weighted by atomic mass is 16.6. The van der Waals surface area contributed by atoms with Gasteiger partial charge in [0.05, 0.1) is 6.54 Å². The fourth-order valence-electron chi connectivity index (χ4n) is 1.46. The Hall–Kier alpha value is -2.61. The number of aldehydes is 2. The zero-order valence-electron chi connectivity index (χ0n) is 12.2. The highest BCUT2D eigenvalue weighted by molar-refractivity contribution is 5.83. The number of hydrogen-bond acceptors (Lipinski definition) is 4. The number of hydrogen-bond donors (Lipinski definition) is 1. The van der Waals surface area contributed by atoms with Crippen LogP contribution in [-0.2, 0) is 4.74 Å². The molecule has 0 bridgehead atoms. The average molecular weight is 287 g/mol. The lowest BCUT2D eigenvalue weighted by atomic mass is 10.1. The third-order valence-electron chi connectivity index (χ3n) is 2.20. The average Bonchev–Trinajstić information content (AvgIpc) is 2.41. The Morgan fingerprint density at radius 3 is 2.24 bits per heavy atom. The molecule has 21 heavy (non-hydrogen) atoms. The molecular formula is C16H17NO4. The predicted octanol–water partition coefficient (Wildman–Crippen LogP) is 2.19. The summed E-state index contributed by atoms with van der Waals surface area (Å²) >= 11 is 0. The van der Waals surface area contributed by atoms with Crippen molar-refractivity contribution >= 4 is 18.7 Å². The van der Waals surface area contributed by atoms with Crippen molar-refractivity contribution in [2.75, 3.05) is 6.54 Å². The number of carbonyl (C=O) groups excluding carboxylic acids is 3. The fraction of sp³-hybridized carbons (Fsp3) is 0.312.